The number of fused-ring (bicyclic) bond motifs is 2. The number of alkyl halides is 4. The molecule has 2 aliphatic heterocycles. The Morgan fingerprint density at radius 3 is 1.11 bits per heavy atom. The van der Waals surface area contributed by atoms with Crippen LogP contribution in [0, 0.1) is 0 Å². The van der Waals surface area contributed by atoms with Crippen LogP contribution in [0.2, 0.25) is 0 Å². The van der Waals surface area contributed by atoms with Crippen molar-refractivity contribution in [3.63, 3.8) is 0 Å². The van der Waals surface area contributed by atoms with Gasteiger partial charge in [-0.15, -0.1) is 24.1 Å². The van der Waals surface area contributed by atoms with Crippen LogP contribution in [0.1, 0.15) is 43.1 Å². The van der Waals surface area contributed by atoms with E-state index in [1.807, 2.05) is 140 Å². The maximum absolute atomic E-state index is 15.5. The number of hydrogen-bond donors (Lipinski definition) is 0. The van der Waals surface area contributed by atoms with E-state index in [1.165, 1.54) is 18.6 Å². The molecule has 0 saturated carbocycles. The molecule has 55 heavy (non-hydrogen) atoms. The molecule has 280 valence electrons. The Hall–Kier alpha value is -4.84. The fraction of sp³-hybridized carbons (Fsp3) is 0.156. The van der Waals surface area contributed by atoms with E-state index in [9.17, 15) is 0 Å². The summed E-state index contributed by atoms with van der Waals surface area (Å²) in [6, 6.07) is 48.3. The summed E-state index contributed by atoms with van der Waals surface area (Å²) in [6.45, 7) is 5.69. The zero-order chi connectivity index (χ0) is 38.4. The van der Waals surface area contributed by atoms with Gasteiger partial charge in [-0.1, -0.05) is 165 Å². The molecule has 0 bridgehead atoms. The van der Waals surface area contributed by atoms with Gasteiger partial charge < -0.3 is 9.47 Å². The van der Waals surface area contributed by atoms with Gasteiger partial charge in [0.15, 0.2) is 0 Å². The van der Waals surface area contributed by atoms with Crippen LogP contribution in [0.4, 0.5) is 17.6 Å². The molecule has 0 radical (unpaired) electrons. The third kappa shape index (κ3) is 8.54. The third-order valence-electron chi connectivity index (χ3n) is 8.95. The molecule has 0 spiro atoms. The van der Waals surface area contributed by atoms with Crippen LogP contribution in [-0.4, -0.2) is 12.6 Å². The van der Waals surface area contributed by atoms with Gasteiger partial charge in [-0.3, -0.25) is 9.47 Å². The van der Waals surface area contributed by atoms with E-state index < -0.39 is 40.6 Å². The first-order chi connectivity index (χ1) is 26.7. The third-order valence-corrected chi connectivity index (χ3v) is 13.9. The topological polar surface area (TPSA) is 36.9 Å². The second kappa shape index (κ2) is 16.9. The number of halogens is 4. The molecule has 8 rings (SSSR count). The number of rotatable bonds is 9. The van der Waals surface area contributed by atoms with Gasteiger partial charge in [0.05, 0.1) is 0 Å². The van der Waals surface area contributed by atoms with Crippen LogP contribution in [0.5, 0.6) is 11.5 Å². The van der Waals surface area contributed by atoms with Crippen molar-refractivity contribution < 1.29 is 36.5 Å². The molecule has 2 atom stereocenters. The Labute approximate surface area is 320 Å². The molecule has 1 unspecified atom stereocenters. The molecular weight excluding hydrogens is 742 g/mol. The molecule has 0 aliphatic carbocycles. The second-order valence-electron chi connectivity index (χ2n) is 12.7. The molecule has 0 aromatic heterocycles. The van der Waals surface area contributed by atoms with E-state index in [4.69, 9.17) is 18.9 Å². The zero-order valence-corrected chi connectivity index (χ0v) is 31.7. The molecule has 0 amide bonds. The van der Waals surface area contributed by atoms with Gasteiger partial charge in [0.25, 0.3) is 0 Å². The predicted molar refractivity (Wildman–Crippen MR) is 214 cm³/mol. The predicted octanol–water partition coefficient (Wildman–Crippen LogP) is 9.88. The summed E-state index contributed by atoms with van der Waals surface area (Å²) in [6.07, 6.45) is -7.42. The van der Waals surface area contributed by atoms with Crippen LogP contribution in [0.15, 0.2) is 170 Å². The maximum Gasteiger partial charge on any atom is 0.535 e. The summed E-state index contributed by atoms with van der Waals surface area (Å²) in [5, 5.41) is 4.93. The highest BCUT2D eigenvalue weighted by atomic mass is 31.1. The van der Waals surface area contributed by atoms with Gasteiger partial charge >= 0.3 is 12.6 Å². The minimum atomic E-state index is -4.14. The van der Waals surface area contributed by atoms with Gasteiger partial charge in [-0.25, -0.2) is 0 Å². The molecule has 0 N–H and O–H groups in total. The lowest BCUT2D eigenvalue weighted by molar-refractivity contribution is -0.427. The highest BCUT2D eigenvalue weighted by Gasteiger charge is 2.55. The van der Waals surface area contributed by atoms with Gasteiger partial charge in [-0.2, -0.15) is 0 Å². The van der Waals surface area contributed by atoms with Crippen molar-refractivity contribution in [1.29, 1.82) is 0 Å². The van der Waals surface area contributed by atoms with Gasteiger partial charge in [-0.05, 0) is 66.2 Å². The van der Waals surface area contributed by atoms with E-state index in [0.717, 1.165) is 27.6 Å². The first-order valence-electron chi connectivity index (χ1n) is 17.9. The van der Waals surface area contributed by atoms with E-state index in [2.05, 4.69) is 13.5 Å². The lowest BCUT2D eigenvalue weighted by Gasteiger charge is -2.42. The molecule has 4 nitrogen and oxygen atoms in total. The van der Waals surface area contributed by atoms with E-state index in [0.29, 0.717) is 10.6 Å². The van der Waals surface area contributed by atoms with Crippen LogP contribution in [-0.2, 0) is 9.47 Å². The van der Waals surface area contributed by atoms with E-state index in [1.54, 1.807) is 12.1 Å². The summed E-state index contributed by atoms with van der Waals surface area (Å²) in [4.78, 5) is 0. The largest absolute Gasteiger partial charge is 0.535 e. The van der Waals surface area contributed by atoms with Crippen molar-refractivity contribution in [2.45, 2.75) is 44.6 Å². The average molecular weight is 781 g/mol. The highest BCUT2D eigenvalue weighted by Crippen LogP contribution is 2.55. The van der Waals surface area contributed by atoms with Crippen LogP contribution < -0.4 is 41.3 Å². The lowest BCUT2D eigenvalue weighted by Crippen LogP contribution is -2.45. The molecule has 10 heteroatoms. The fourth-order valence-electron chi connectivity index (χ4n) is 6.72. The van der Waals surface area contributed by atoms with E-state index in [-0.39, 0.29) is 22.6 Å². The summed E-state index contributed by atoms with van der Waals surface area (Å²) in [5.41, 5.74) is 0.425. The molecule has 2 heterocycles. The minimum Gasteiger partial charge on any atom is -0.409 e. The smallest absolute Gasteiger partial charge is 0.409 e. The fourth-order valence-corrected chi connectivity index (χ4v) is 11.7. The Morgan fingerprint density at radius 1 is 0.509 bits per heavy atom. The van der Waals surface area contributed by atoms with Gasteiger partial charge in [0.2, 0.25) is 0 Å². The SMILES string of the molecule is C=CCCC.FC1(F)Oc2cccc(P(c3ccccc3)c3ccccc3)c2C([C@@H]2OC(F)(F)Oc3cccc(P(c4ccccc4)c4ccccc4)c32)O1. The highest BCUT2D eigenvalue weighted by molar-refractivity contribution is 7.80. The quantitative estimate of drug-likeness (QED) is 0.0832. The number of ether oxygens (including phenoxy) is 4. The van der Waals surface area contributed by atoms with Crippen molar-refractivity contribution in [3.05, 3.63) is 182 Å². The molecular formula is C45H38F4O4P2. The number of hydrogen-bond acceptors (Lipinski definition) is 4. The average Bonchev–Trinajstić information content (AvgIpc) is 3.19. The summed E-state index contributed by atoms with van der Waals surface area (Å²) in [7, 11) is -2.80. The first-order valence-corrected chi connectivity index (χ1v) is 20.5. The Kier molecular flexibility index (Phi) is 11.8. The van der Waals surface area contributed by atoms with Crippen molar-refractivity contribution >= 4 is 47.7 Å². The summed E-state index contributed by atoms with van der Waals surface area (Å²) in [5.74, 6) is -0.345. The Bertz CT molecular complexity index is 1960. The van der Waals surface area contributed by atoms with Crippen LogP contribution in [0.3, 0.4) is 0 Å². The standard InChI is InChI=1S/C40H28F4O4P2.C5H10/c41-39(42)45-31-23-13-25-33(49(27-15-5-1-6-16-27)28-17-7-2-8-18-28)35(31)37(47-39)38-36-32(46-40(43,44)48-38)24-14-26-34(36)50(29-19-9-3-10-20-29)30-21-11-4-12-22-30;1-3-5-4-2/h1-26,37-38H;3H,1,4-5H2,2H3/t37-,38?;/m1./s1. The van der Waals surface area contributed by atoms with Gasteiger partial charge in [0.1, 0.15) is 23.7 Å². The first kappa shape index (κ1) is 38.4. The van der Waals surface area contributed by atoms with Crippen molar-refractivity contribution in [2.75, 3.05) is 0 Å². The molecule has 0 saturated heterocycles. The number of unbranched alkanes of at least 4 members (excludes halogenated alkanes) is 1. The zero-order valence-electron chi connectivity index (χ0n) is 29.9. The maximum atomic E-state index is 15.5. The second-order valence-corrected chi connectivity index (χ2v) is 17.0. The van der Waals surface area contributed by atoms with Gasteiger partial charge in [0, 0.05) is 11.1 Å². The van der Waals surface area contributed by atoms with Crippen LogP contribution in [0.25, 0.3) is 0 Å². The molecule has 6 aromatic rings. The van der Waals surface area contributed by atoms with E-state index >= 15 is 17.6 Å². The molecule has 0 fully saturated rings. The summed E-state index contributed by atoms with van der Waals surface area (Å²) < 4.78 is 83.2. The number of benzene rings is 6. The monoisotopic (exact) mass is 780 g/mol. The normalized spacial score (nSPS) is 17.8. The van der Waals surface area contributed by atoms with Crippen molar-refractivity contribution in [1.82, 2.24) is 0 Å². The van der Waals surface area contributed by atoms with Crippen molar-refractivity contribution in [2.24, 2.45) is 0 Å². The lowest BCUT2D eigenvalue weighted by atomic mass is 9.95. The summed E-state index contributed by atoms with van der Waals surface area (Å²) >= 11 is 0. The molecule has 6 aromatic carbocycles. The molecule has 2 aliphatic rings. The van der Waals surface area contributed by atoms with Crippen LogP contribution >= 0.6 is 15.8 Å². The Balaban J connectivity index is 0.000000875. The Morgan fingerprint density at radius 2 is 0.836 bits per heavy atom. The number of allylic oxidation sites excluding steroid dienone is 1. The van der Waals surface area contributed by atoms with Crippen molar-refractivity contribution in [3.8, 4) is 11.5 Å². The minimum absolute atomic E-state index is 0.172.